The van der Waals surface area contributed by atoms with Crippen molar-refractivity contribution in [3.63, 3.8) is 0 Å². The number of amides is 1. The van der Waals surface area contributed by atoms with Crippen LogP contribution < -0.4 is 5.32 Å². The molecule has 2 aliphatic heterocycles. The first-order valence-electron chi connectivity index (χ1n) is 6.10. The zero-order chi connectivity index (χ0) is 12.6. The number of carbonyl (C=O) groups is 1. The molecule has 0 saturated carbocycles. The molecule has 1 unspecified atom stereocenters. The molecule has 0 aliphatic carbocycles. The first kappa shape index (κ1) is 11.8. The van der Waals surface area contributed by atoms with Gasteiger partial charge in [-0.15, -0.1) is 0 Å². The van der Waals surface area contributed by atoms with E-state index < -0.39 is 0 Å². The van der Waals surface area contributed by atoms with Crippen molar-refractivity contribution < 1.29 is 9.53 Å². The van der Waals surface area contributed by atoms with Crippen molar-refractivity contribution in [1.82, 2.24) is 10.2 Å². The van der Waals surface area contributed by atoms with Gasteiger partial charge >= 0.3 is 6.09 Å². The molecule has 0 bridgehead atoms. The summed E-state index contributed by atoms with van der Waals surface area (Å²) < 4.78 is 5.22. The third kappa shape index (κ3) is 1.85. The van der Waals surface area contributed by atoms with E-state index in [4.69, 9.17) is 16.3 Å². The molecule has 2 saturated heterocycles. The molecule has 96 valence electrons. The molecule has 2 fully saturated rings. The smallest absolute Gasteiger partial charge is 0.410 e. The van der Waals surface area contributed by atoms with Gasteiger partial charge < -0.3 is 10.1 Å². The zero-order valence-corrected chi connectivity index (χ0v) is 10.7. The van der Waals surface area contributed by atoms with Gasteiger partial charge in [-0.05, 0) is 24.6 Å². The van der Waals surface area contributed by atoms with E-state index in [1.807, 2.05) is 29.2 Å². The summed E-state index contributed by atoms with van der Waals surface area (Å²) in [5, 5.41) is 3.99. The van der Waals surface area contributed by atoms with Crippen LogP contribution in [0.25, 0.3) is 0 Å². The Balaban J connectivity index is 1.86. The number of cyclic esters (lactones) is 1. The van der Waals surface area contributed by atoms with E-state index in [1.165, 1.54) is 0 Å². The molecule has 1 N–H and O–H groups in total. The van der Waals surface area contributed by atoms with Crippen LogP contribution in [0.1, 0.15) is 12.0 Å². The van der Waals surface area contributed by atoms with Crippen LogP contribution in [0.4, 0.5) is 4.79 Å². The highest BCUT2D eigenvalue weighted by molar-refractivity contribution is 6.31. The van der Waals surface area contributed by atoms with Crippen LogP contribution in [0.15, 0.2) is 24.3 Å². The van der Waals surface area contributed by atoms with Gasteiger partial charge in [0.25, 0.3) is 0 Å². The van der Waals surface area contributed by atoms with Crippen LogP contribution >= 0.6 is 11.6 Å². The van der Waals surface area contributed by atoms with Crippen molar-refractivity contribution in [2.75, 3.05) is 19.7 Å². The van der Waals surface area contributed by atoms with Gasteiger partial charge in [0, 0.05) is 11.6 Å². The fourth-order valence-corrected chi connectivity index (χ4v) is 2.85. The van der Waals surface area contributed by atoms with Crippen molar-refractivity contribution in [2.24, 2.45) is 0 Å². The monoisotopic (exact) mass is 266 g/mol. The van der Waals surface area contributed by atoms with E-state index in [9.17, 15) is 4.79 Å². The lowest BCUT2D eigenvalue weighted by Gasteiger charge is -2.31. The molecule has 1 amide bonds. The predicted octanol–water partition coefficient (Wildman–Crippen LogP) is 2.02. The molecule has 2 heterocycles. The Labute approximate surface area is 111 Å². The minimum atomic E-state index is -0.237. The number of ether oxygens (including phenoxy) is 1. The molecule has 1 aromatic carbocycles. The molecule has 18 heavy (non-hydrogen) atoms. The van der Waals surface area contributed by atoms with Crippen molar-refractivity contribution in [3.8, 4) is 0 Å². The molecular formula is C13H15ClN2O2. The van der Waals surface area contributed by atoms with Crippen molar-refractivity contribution in [1.29, 1.82) is 0 Å². The second kappa shape index (κ2) is 4.44. The third-order valence-corrected chi connectivity index (χ3v) is 4.13. The minimum absolute atomic E-state index is 0.184. The van der Waals surface area contributed by atoms with E-state index >= 15 is 0 Å². The SMILES string of the molecule is O=C1OCC2(CCNC2)N1Cc1ccccc1Cl. The Hall–Kier alpha value is -1.26. The van der Waals surface area contributed by atoms with E-state index in [-0.39, 0.29) is 11.6 Å². The van der Waals surface area contributed by atoms with Gasteiger partial charge in [-0.25, -0.2) is 4.79 Å². The maximum absolute atomic E-state index is 11.9. The lowest BCUT2D eigenvalue weighted by Crippen LogP contribution is -2.48. The molecule has 5 heteroatoms. The molecule has 1 spiro atoms. The van der Waals surface area contributed by atoms with E-state index in [0.717, 1.165) is 25.1 Å². The van der Waals surface area contributed by atoms with Crippen LogP contribution in [0.2, 0.25) is 5.02 Å². The second-order valence-electron chi connectivity index (χ2n) is 4.88. The number of nitrogens with zero attached hydrogens (tertiary/aromatic N) is 1. The molecule has 2 aliphatic rings. The van der Waals surface area contributed by atoms with E-state index in [0.29, 0.717) is 18.2 Å². The van der Waals surface area contributed by atoms with Gasteiger partial charge in [-0.1, -0.05) is 29.8 Å². The number of benzene rings is 1. The molecule has 0 aromatic heterocycles. The highest BCUT2D eigenvalue weighted by Crippen LogP contribution is 2.32. The van der Waals surface area contributed by atoms with Crippen LogP contribution in [0.5, 0.6) is 0 Å². The summed E-state index contributed by atoms with van der Waals surface area (Å²) in [6.45, 7) is 2.71. The molecule has 4 nitrogen and oxygen atoms in total. The number of hydrogen-bond acceptors (Lipinski definition) is 3. The lowest BCUT2D eigenvalue weighted by molar-refractivity contribution is 0.150. The number of carbonyl (C=O) groups excluding carboxylic acids is 1. The van der Waals surface area contributed by atoms with Crippen molar-refractivity contribution in [3.05, 3.63) is 34.9 Å². The second-order valence-corrected chi connectivity index (χ2v) is 5.29. The summed E-state index contributed by atoms with van der Waals surface area (Å²) in [6, 6.07) is 7.62. The minimum Gasteiger partial charge on any atom is -0.447 e. The Bertz CT molecular complexity index is 472. The summed E-state index contributed by atoms with van der Waals surface area (Å²) in [7, 11) is 0. The van der Waals surface area contributed by atoms with Gasteiger partial charge in [0.2, 0.25) is 0 Å². The van der Waals surface area contributed by atoms with Crippen LogP contribution in [0, 0.1) is 0 Å². The number of nitrogens with one attached hydrogen (secondary N) is 1. The molecular weight excluding hydrogens is 252 g/mol. The summed E-state index contributed by atoms with van der Waals surface area (Å²) in [5.74, 6) is 0. The summed E-state index contributed by atoms with van der Waals surface area (Å²) >= 11 is 6.15. The van der Waals surface area contributed by atoms with Gasteiger partial charge in [0.15, 0.2) is 0 Å². The molecule has 3 rings (SSSR count). The number of halogens is 1. The number of rotatable bonds is 2. The molecule has 1 atom stereocenters. The van der Waals surface area contributed by atoms with Crippen LogP contribution in [-0.4, -0.2) is 36.2 Å². The highest BCUT2D eigenvalue weighted by atomic mass is 35.5. The zero-order valence-electron chi connectivity index (χ0n) is 9.99. The van der Waals surface area contributed by atoms with E-state index in [2.05, 4.69) is 5.32 Å². The van der Waals surface area contributed by atoms with E-state index in [1.54, 1.807) is 0 Å². The van der Waals surface area contributed by atoms with Crippen molar-refractivity contribution >= 4 is 17.7 Å². The Kier molecular flexibility index (Phi) is 2.92. The Morgan fingerprint density at radius 3 is 3.00 bits per heavy atom. The average molecular weight is 267 g/mol. The maximum atomic E-state index is 11.9. The molecule has 1 aromatic rings. The normalized spacial score (nSPS) is 26.9. The fourth-order valence-electron chi connectivity index (χ4n) is 2.66. The summed E-state index contributed by atoms with van der Waals surface area (Å²) in [4.78, 5) is 13.7. The van der Waals surface area contributed by atoms with Gasteiger partial charge in [-0.2, -0.15) is 0 Å². The van der Waals surface area contributed by atoms with Gasteiger partial charge in [-0.3, -0.25) is 4.90 Å². The topological polar surface area (TPSA) is 41.6 Å². The maximum Gasteiger partial charge on any atom is 0.410 e. The quantitative estimate of drug-likeness (QED) is 0.891. The summed E-state index contributed by atoms with van der Waals surface area (Å²) in [6.07, 6.45) is 0.696. The lowest BCUT2D eigenvalue weighted by atomic mass is 9.98. The standard InChI is InChI=1S/C13H15ClN2O2/c14-11-4-2-1-3-10(11)7-16-12(17)18-9-13(16)5-6-15-8-13/h1-4,15H,5-9H2. The largest absolute Gasteiger partial charge is 0.447 e. The van der Waals surface area contributed by atoms with Crippen LogP contribution in [0.3, 0.4) is 0 Å². The highest BCUT2D eigenvalue weighted by Gasteiger charge is 2.49. The number of hydrogen-bond donors (Lipinski definition) is 1. The van der Waals surface area contributed by atoms with Gasteiger partial charge in [0.1, 0.15) is 6.61 Å². The van der Waals surface area contributed by atoms with Crippen LogP contribution in [-0.2, 0) is 11.3 Å². The van der Waals surface area contributed by atoms with Gasteiger partial charge in [0.05, 0.1) is 12.1 Å². The molecule has 0 radical (unpaired) electrons. The fraction of sp³-hybridized carbons (Fsp3) is 0.462. The first-order valence-corrected chi connectivity index (χ1v) is 6.48. The summed E-state index contributed by atoms with van der Waals surface area (Å²) in [5.41, 5.74) is 0.778. The average Bonchev–Trinajstić information content (AvgIpc) is 2.95. The third-order valence-electron chi connectivity index (χ3n) is 3.76. The Morgan fingerprint density at radius 2 is 2.28 bits per heavy atom. The predicted molar refractivity (Wildman–Crippen MR) is 68.6 cm³/mol. The Morgan fingerprint density at radius 1 is 1.44 bits per heavy atom. The first-order chi connectivity index (χ1) is 8.71. The van der Waals surface area contributed by atoms with Crippen molar-refractivity contribution in [2.45, 2.75) is 18.5 Å².